The Morgan fingerprint density at radius 2 is 1.80 bits per heavy atom. The lowest BCUT2D eigenvalue weighted by Crippen LogP contribution is -2.30. The molecule has 1 aliphatic rings. The van der Waals surface area contributed by atoms with Gasteiger partial charge in [0.15, 0.2) is 0 Å². The number of amides is 2. The highest BCUT2D eigenvalue weighted by Gasteiger charge is 2.23. The first-order chi connectivity index (χ1) is 9.61. The van der Waals surface area contributed by atoms with Crippen LogP contribution in [0.2, 0.25) is 5.02 Å². The zero-order chi connectivity index (χ0) is 14.1. The van der Waals surface area contributed by atoms with Gasteiger partial charge in [0.1, 0.15) is 0 Å². The van der Waals surface area contributed by atoms with E-state index in [1.165, 1.54) is 0 Å². The fourth-order valence-electron chi connectivity index (χ4n) is 2.29. The summed E-state index contributed by atoms with van der Waals surface area (Å²) in [5.41, 5.74) is 9.47. The first kappa shape index (κ1) is 12.8. The van der Waals surface area contributed by atoms with Crippen LogP contribution in [0.5, 0.6) is 0 Å². The molecule has 0 saturated heterocycles. The molecule has 0 fully saturated rings. The Morgan fingerprint density at radius 1 is 1.10 bits per heavy atom. The fraction of sp³-hybridized carbons (Fsp3) is 0.133. The van der Waals surface area contributed by atoms with Crippen LogP contribution in [0.15, 0.2) is 42.5 Å². The largest absolute Gasteiger partial charge is 0.399 e. The first-order valence-corrected chi connectivity index (χ1v) is 6.68. The fourth-order valence-corrected chi connectivity index (χ4v) is 2.42. The number of nitrogens with one attached hydrogen (secondary N) is 1. The summed E-state index contributed by atoms with van der Waals surface area (Å²) in [5.74, 6) is 0. The number of nitrogens with two attached hydrogens (primary N) is 1. The molecule has 0 saturated carbocycles. The van der Waals surface area contributed by atoms with Crippen molar-refractivity contribution >= 4 is 29.0 Å². The summed E-state index contributed by atoms with van der Waals surface area (Å²) in [4.78, 5) is 14.0. The minimum absolute atomic E-state index is 0.123. The lowest BCUT2D eigenvalue weighted by Gasteiger charge is -2.16. The van der Waals surface area contributed by atoms with Gasteiger partial charge < -0.3 is 16.0 Å². The lowest BCUT2D eigenvalue weighted by molar-refractivity contribution is 0.212. The normalized spacial score (nSPS) is 13.2. The van der Waals surface area contributed by atoms with Gasteiger partial charge >= 0.3 is 6.03 Å². The minimum Gasteiger partial charge on any atom is -0.399 e. The Bertz CT molecular complexity index is 655. The Hall–Kier alpha value is -2.20. The third-order valence-electron chi connectivity index (χ3n) is 3.34. The number of hydrogen-bond donors (Lipinski definition) is 2. The van der Waals surface area contributed by atoms with Crippen LogP contribution in [-0.4, -0.2) is 10.9 Å². The first-order valence-electron chi connectivity index (χ1n) is 6.30. The molecule has 0 aromatic heterocycles. The number of anilines is 2. The van der Waals surface area contributed by atoms with Crippen molar-refractivity contribution in [1.82, 2.24) is 4.90 Å². The molecule has 0 aliphatic carbocycles. The van der Waals surface area contributed by atoms with Gasteiger partial charge in [-0.1, -0.05) is 17.7 Å². The summed E-state index contributed by atoms with van der Waals surface area (Å²) < 4.78 is 0. The molecule has 3 rings (SSSR count). The van der Waals surface area contributed by atoms with Crippen molar-refractivity contribution in [2.75, 3.05) is 11.1 Å². The molecule has 2 amide bonds. The zero-order valence-electron chi connectivity index (χ0n) is 10.8. The lowest BCUT2D eigenvalue weighted by atomic mass is 10.1. The molecule has 1 aliphatic heterocycles. The quantitative estimate of drug-likeness (QED) is 0.789. The molecule has 5 heteroatoms. The molecule has 102 valence electrons. The van der Waals surface area contributed by atoms with Crippen molar-refractivity contribution in [2.45, 2.75) is 13.1 Å². The molecule has 0 spiro atoms. The van der Waals surface area contributed by atoms with Crippen molar-refractivity contribution < 1.29 is 4.79 Å². The summed E-state index contributed by atoms with van der Waals surface area (Å²) >= 11 is 5.82. The second kappa shape index (κ2) is 5.06. The number of fused-ring (bicyclic) bond motifs is 1. The number of hydrogen-bond acceptors (Lipinski definition) is 2. The predicted octanol–water partition coefficient (Wildman–Crippen LogP) is 3.47. The number of benzene rings is 2. The van der Waals surface area contributed by atoms with E-state index in [9.17, 15) is 4.79 Å². The van der Waals surface area contributed by atoms with Crippen molar-refractivity contribution in [3.8, 4) is 0 Å². The van der Waals surface area contributed by atoms with E-state index in [0.717, 1.165) is 22.5 Å². The van der Waals surface area contributed by atoms with E-state index in [1.54, 1.807) is 29.2 Å². The van der Waals surface area contributed by atoms with Gasteiger partial charge in [-0.3, -0.25) is 0 Å². The molecular weight excluding hydrogens is 274 g/mol. The Kier molecular flexibility index (Phi) is 3.24. The molecule has 2 aromatic rings. The zero-order valence-corrected chi connectivity index (χ0v) is 11.5. The molecule has 0 unspecified atom stereocenters. The van der Waals surface area contributed by atoms with Crippen LogP contribution in [0.1, 0.15) is 11.1 Å². The van der Waals surface area contributed by atoms with Gasteiger partial charge in [0, 0.05) is 29.5 Å². The summed E-state index contributed by atoms with van der Waals surface area (Å²) in [6.07, 6.45) is 0. The highest BCUT2D eigenvalue weighted by atomic mass is 35.5. The van der Waals surface area contributed by atoms with Gasteiger partial charge in [-0.2, -0.15) is 0 Å². The molecular formula is C15H14ClN3O. The van der Waals surface area contributed by atoms with E-state index < -0.39 is 0 Å². The predicted molar refractivity (Wildman–Crippen MR) is 80.6 cm³/mol. The Labute approximate surface area is 122 Å². The van der Waals surface area contributed by atoms with Gasteiger partial charge in [0.05, 0.1) is 0 Å². The smallest absolute Gasteiger partial charge is 0.322 e. The van der Waals surface area contributed by atoms with Crippen LogP contribution in [-0.2, 0) is 13.1 Å². The molecule has 1 heterocycles. The summed E-state index contributed by atoms with van der Waals surface area (Å²) in [6.45, 7) is 1.19. The van der Waals surface area contributed by atoms with Crippen LogP contribution in [0, 0.1) is 0 Å². The van der Waals surface area contributed by atoms with Crippen LogP contribution in [0.4, 0.5) is 16.2 Å². The number of urea groups is 1. The van der Waals surface area contributed by atoms with Gasteiger partial charge in [-0.15, -0.1) is 0 Å². The highest BCUT2D eigenvalue weighted by Crippen LogP contribution is 2.25. The molecule has 20 heavy (non-hydrogen) atoms. The van der Waals surface area contributed by atoms with E-state index in [-0.39, 0.29) is 6.03 Å². The maximum absolute atomic E-state index is 12.2. The summed E-state index contributed by atoms with van der Waals surface area (Å²) in [7, 11) is 0. The minimum atomic E-state index is -0.123. The topological polar surface area (TPSA) is 58.4 Å². The highest BCUT2D eigenvalue weighted by molar-refractivity contribution is 6.30. The van der Waals surface area contributed by atoms with E-state index in [0.29, 0.717) is 18.1 Å². The third-order valence-corrected chi connectivity index (χ3v) is 3.59. The third kappa shape index (κ3) is 2.56. The van der Waals surface area contributed by atoms with Crippen molar-refractivity contribution in [3.63, 3.8) is 0 Å². The summed E-state index contributed by atoms with van der Waals surface area (Å²) in [6, 6.07) is 12.7. The average molecular weight is 288 g/mol. The SMILES string of the molecule is Nc1ccc2c(c1)CN(C(=O)Nc1ccc(Cl)cc1)C2. The van der Waals surface area contributed by atoms with Gasteiger partial charge in [0.25, 0.3) is 0 Å². The standard InChI is InChI=1S/C15H14ClN3O/c16-12-2-5-14(6-3-12)18-15(20)19-8-10-1-4-13(17)7-11(10)9-19/h1-7H,8-9,17H2,(H,18,20). The van der Waals surface area contributed by atoms with E-state index in [2.05, 4.69) is 5.32 Å². The Morgan fingerprint density at radius 3 is 2.55 bits per heavy atom. The van der Waals surface area contributed by atoms with E-state index in [4.69, 9.17) is 17.3 Å². The average Bonchev–Trinajstić information content (AvgIpc) is 2.84. The van der Waals surface area contributed by atoms with Crippen molar-refractivity contribution in [1.29, 1.82) is 0 Å². The van der Waals surface area contributed by atoms with Gasteiger partial charge in [-0.05, 0) is 47.5 Å². The maximum Gasteiger partial charge on any atom is 0.322 e. The van der Waals surface area contributed by atoms with Gasteiger partial charge in [0.2, 0.25) is 0 Å². The van der Waals surface area contributed by atoms with Crippen LogP contribution in [0.25, 0.3) is 0 Å². The Balaban J connectivity index is 1.69. The monoisotopic (exact) mass is 287 g/mol. The number of carbonyl (C=O) groups excluding carboxylic acids is 1. The van der Waals surface area contributed by atoms with Crippen molar-refractivity contribution in [3.05, 3.63) is 58.6 Å². The molecule has 0 radical (unpaired) electrons. The molecule has 3 N–H and O–H groups in total. The molecule has 4 nitrogen and oxygen atoms in total. The van der Waals surface area contributed by atoms with Gasteiger partial charge in [-0.25, -0.2) is 4.79 Å². The number of nitrogens with zero attached hydrogens (tertiary/aromatic N) is 1. The van der Waals surface area contributed by atoms with E-state index >= 15 is 0 Å². The van der Waals surface area contributed by atoms with Crippen LogP contribution < -0.4 is 11.1 Å². The molecule has 2 aromatic carbocycles. The summed E-state index contributed by atoms with van der Waals surface area (Å²) in [5, 5.41) is 3.50. The maximum atomic E-state index is 12.2. The molecule has 0 atom stereocenters. The second-order valence-electron chi connectivity index (χ2n) is 4.82. The van der Waals surface area contributed by atoms with E-state index in [1.807, 2.05) is 18.2 Å². The van der Waals surface area contributed by atoms with Crippen molar-refractivity contribution in [2.24, 2.45) is 0 Å². The van der Waals surface area contributed by atoms with Crippen LogP contribution in [0.3, 0.4) is 0 Å². The number of nitrogen functional groups attached to an aromatic ring is 1. The number of carbonyl (C=O) groups is 1. The number of rotatable bonds is 1. The van der Waals surface area contributed by atoms with Crippen LogP contribution >= 0.6 is 11.6 Å². The molecule has 0 bridgehead atoms. The second-order valence-corrected chi connectivity index (χ2v) is 5.26. The number of halogens is 1.